The Balaban J connectivity index is 1.62. The lowest BCUT2D eigenvalue weighted by molar-refractivity contribution is -0.137. The van der Waals surface area contributed by atoms with Crippen molar-refractivity contribution in [3.8, 4) is 5.75 Å². The normalized spacial score (nSPS) is 21.4. The molecule has 0 saturated carbocycles. The molecule has 4 rings (SSSR count). The van der Waals surface area contributed by atoms with E-state index < -0.39 is 35.6 Å². The molecule has 2 atom stereocenters. The lowest BCUT2D eigenvalue weighted by Crippen LogP contribution is -2.39. The molecule has 0 bridgehead atoms. The number of ether oxygens (including phenoxy) is 1. The number of carbonyl (C=O) groups excluding carboxylic acids is 2. The van der Waals surface area contributed by atoms with E-state index in [0.717, 1.165) is 17.0 Å². The fraction of sp³-hybridized carbons (Fsp3) is 0.222. The summed E-state index contributed by atoms with van der Waals surface area (Å²) >= 11 is 0. The molecular formula is C18H13F3N4O3. The van der Waals surface area contributed by atoms with Crippen LogP contribution in [-0.2, 0) is 15.8 Å². The molecule has 1 saturated heterocycles. The molecule has 2 aliphatic rings. The molecule has 1 fully saturated rings. The summed E-state index contributed by atoms with van der Waals surface area (Å²) in [5, 5.41) is 8.86. The zero-order chi connectivity index (χ0) is 20.1. The Kier molecular flexibility index (Phi) is 4.06. The number of amides is 2. The molecular weight excluding hydrogens is 377 g/mol. The summed E-state index contributed by atoms with van der Waals surface area (Å²) in [5.41, 5.74) is -0.229. The van der Waals surface area contributed by atoms with Gasteiger partial charge in [-0.25, -0.2) is 9.91 Å². The number of rotatable bonds is 3. The Bertz CT molecular complexity index is 958. The Hall–Kier alpha value is -3.43. The maximum absolute atomic E-state index is 12.9. The Morgan fingerprint density at radius 2 is 1.54 bits per heavy atom. The number of fused-ring (bicyclic) bond motifs is 1. The molecule has 2 amide bonds. The van der Waals surface area contributed by atoms with Gasteiger partial charge in [-0.1, -0.05) is 5.22 Å². The van der Waals surface area contributed by atoms with E-state index in [1.54, 1.807) is 24.3 Å². The molecule has 2 aromatic rings. The molecule has 2 aliphatic heterocycles. The number of anilines is 2. The minimum atomic E-state index is -4.47. The zero-order valence-electron chi connectivity index (χ0n) is 14.4. The van der Waals surface area contributed by atoms with Crippen molar-refractivity contribution in [1.29, 1.82) is 0 Å². The molecule has 7 nitrogen and oxygen atoms in total. The van der Waals surface area contributed by atoms with Crippen LogP contribution in [0.15, 0.2) is 58.9 Å². The topological polar surface area (TPSA) is 74.6 Å². The van der Waals surface area contributed by atoms with E-state index in [1.807, 2.05) is 0 Å². The molecule has 28 heavy (non-hydrogen) atoms. The quantitative estimate of drug-likeness (QED) is 0.755. The van der Waals surface area contributed by atoms with Gasteiger partial charge in [0.25, 0.3) is 11.8 Å². The highest BCUT2D eigenvalue weighted by molar-refractivity contribution is 6.26. The fourth-order valence-electron chi connectivity index (χ4n) is 3.16. The van der Waals surface area contributed by atoms with Crippen LogP contribution in [0.2, 0.25) is 0 Å². The first-order chi connectivity index (χ1) is 13.3. The van der Waals surface area contributed by atoms with Crippen LogP contribution < -0.4 is 14.6 Å². The molecule has 2 heterocycles. The third-order valence-electron chi connectivity index (χ3n) is 4.57. The summed E-state index contributed by atoms with van der Waals surface area (Å²) in [5.74, 6) is -0.530. The summed E-state index contributed by atoms with van der Waals surface area (Å²) in [6.45, 7) is 0. The summed E-state index contributed by atoms with van der Waals surface area (Å²) < 4.78 is 43.3. The maximum Gasteiger partial charge on any atom is 0.416 e. The van der Waals surface area contributed by atoms with Crippen LogP contribution in [0.5, 0.6) is 5.75 Å². The number of benzene rings is 2. The molecule has 0 unspecified atom stereocenters. The number of nitrogens with zero attached hydrogens (tertiary/aromatic N) is 4. The monoisotopic (exact) mass is 390 g/mol. The van der Waals surface area contributed by atoms with E-state index in [1.165, 1.54) is 24.3 Å². The molecule has 0 aromatic heterocycles. The third kappa shape index (κ3) is 2.77. The number of imide groups is 1. The lowest BCUT2D eigenvalue weighted by atomic mass is 10.1. The minimum Gasteiger partial charge on any atom is -0.497 e. The van der Waals surface area contributed by atoms with Crippen LogP contribution in [0.1, 0.15) is 5.56 Å². The Labute approximate surface area is 157 Å². The molecule has 0 radical (unpaired) electrons. The van der Waals surface area contributed by atoms with Crippen molar-refractivity contribution in [2.75, 3.05) is 17.0 Å². The van der Waals surface area contributed by atoms with Crippen molar-refractivity contribution in [3.63, 3.8) is 0 Å². The highest BCUT2D eigenvalue weighted by atomic mass is 19.4. The average Bonchev–Trinajstić information content (AvgIpc) is 3.22. The number of alkyl halides is 3. The van der Waals surface area contributed by atoms with Gasteiger partial charge in [0.2, 0.25) is 0 Å². The van der Waals surface area contributed by atoms with Gasteiger partial charge in [0.15, 0.2) is 12.1 Å². The fourth-order valence-corrected chi connectivity index (χ4v) is 3.16. The molecule has 10 heteroatoms. The second kappa shape index (κ2) is 6.32. The zero-order valence-corrected chi connectivity index (χ0v) is 14.4. The van der Waals surface area contributed by atoms with Gasteiger partial charge >= 0.3 is 6.18 Å². The summed E-state index contributed by atoms with van der Waals surface area (Å²) in [4.78, 5) is 26.6. The predicted octanol–water partition coefficient (Wildman–Crippen LogP) is 3.21. The first kappa shape index (κ1) is 18.0. The molecule has 0 spiro atoms. The van der Waals surface area contributed by atoms with Crippen molar-refractivity contribution in [2.45, 2.75) is 18.3 Å². The van der Waals surface area contributed by atoms with Crippen molar-refractivity contribution >= 4 is 23.2 Å². The second-order valence-corrected chi connectivity index (χ2v) is 6.19. The van der Waals surface area contributed by atoms with Crippen LogP contribution in [0.3, 0.4) is 0 Å². The van der Waals surface area contributed by atoms with Crippen LogP contribution >= 0.6 is 0 Å². The van der Waals surface area contributed by atoms with E-state index in [2.05, 4.69) is 10.3 Å². The van der Waals surface area contributed by atoms with Gasteiger partial charge in [-0.3, -0.25) is 9.59 Å². The number of hydrogen-bond donors (Lipinski definition) is 0. The van der Waals surface area contributed by atoms with Gasteiger partial charge < -0.3 is 4.74 Å². The third-order valence-corrected chi connectivity index (χ3v) is 4.57. The molecule has 2 aromatic carbocycles. The second-order valence-electron chi connectivity index (χ2n) is 6.19. The highest BCUT2D eigenvalue weighted by Gasteiger charge is 2.55. The smallest absolute Gasteiger partial charge is 0.416 e. The van der Waals surface area contributed by atoms with Crippen LogP contribution in [0.25, 0.3) is 0 Å². The standard InChI is InChI=1S/C18H13F3N4O3/c1-28-13-8-6-11(7-9-13)24-16(26)14-15(17(24)27)25(23-22-14)12-4-2-10(3-5-12)18(19,20)21/h2-9,14-15H,1H3/t14-,15-/m1/s1. The largest absolute Gasteiger partial charge is 0.497 e. The van der Waals surface area contributed by atoms with Crippen LogP contribution in [0.4, 0.5) is 24.5 Å². The van der Waals surface area contributed by atoms with Gasteiger partial charge in [-0.15, -0.1) is 0 Å². The number of methoxy groups -OCH3 is 1. The number of halogens is 3. The summed E-state index contributed by atoms with van der Waals surface area (Å²) in [6, 6.07) is 8.43. The van der Waals surface area contributed by atoms with Gasteiger partial charge in [0, 0.05) is 0 Å². The summed E-state index contributed by atoms with van der Waals surface area (Å²) in [7, 11) is 1.49. The van der Waals surface area contributed by atoms with E-state index in [-0.39, 0.29) is 5.69 Å². The number of hydrogen-bond acceptors (Lipinski definition) is 6. The highest BCUT2D eigenvalue weighted by Crippen LogP contribution is 2.36. The van der Waals surface area contributed by atoms with E-state index >= 15 is 0 Å². The van der Waals surface area contributed by atoms with E-state index in [9.17, 15) is 22.8 Å². The Morgan fingerprint density at radius 1 is 0.929 bits per heavy atom. The SMILES string of the molecule is COc1ccc(N2C(=O)[C@@H]3N=NN(c4ccc(C(F)(F)F)cc4)[C@H]3C2=O)cc1. The Morgan fingerprint density at radius 3 is 2.11 bits per heavy atom. The van der Waals surface area contributed by atoms with E-state index in [0.29, 0.717) is 11.4 Å². The first-order valence-corrected chi connectivity index (χ1v) is 8.20. The first-order valence-electron chi connectivity index (χ1n) is 8.20. The maximum atomic E-state index is 12.9. The summed E-state index contributed by atoms with van der Waals surface area (Å²) in [6.07, 6.45) is -4.47. The van der Waals surface area contributed by atoms with Gasteiger partial charge in [-0.05, 0) is 48.5 Å². The van der Waals surface area contributed by atoms with Gasteiger partial charge in [-0.2, -0.15) is 18.3 Å². The van der Waals surface area contributed by atoms with Gasteiger partial charge in [0.05, 0.1) is 24.0 Å². The minimum absolute atomic E-state index is 0.238. The predicted molar refractivity (Wildman–Crippen MR) is 91.8 cm³/mol. The molecule has 0 aliphatic carbocycles. The van der Waals surface area contributed by atoms with Crippen LogP contribution in [-0.4, -0.2) is 31.0 Å². The van der Waals surface area contributed by atoms with Crippen molar-refractivity contribution in [3.05, 3.63) is 54.1 Å². The number of carbonyl (C=O) groups is 2. The van der Waals surface area contributed by atoms with Crippen molar-refractivity contribution in [2.24, 2.45) is 10.3 Å². The molecule has 0 N–H and O–H groups in total. The lowest BCUT2D eigenvalue weighted by Gasteiger charge is -2.21. The average molecular weight is 390 g/mol. The van der Waals surface area contributed by atoms with Crippen LogP contribution in [0, 0.1) is 0 Å². The van der Waals surface area contributed by atoms with Crippen molar-refractivity contribution in [1.82, 2.24) is 0 Å². The van der Waals surface area contributed by atoms with E-state index in [4.69, 9.17) is 4.74 Å². The van der Waals surface area contributed by atoms with Gasteiger partial charge in [0.1, 0.15) is 5.75 Å². The van der Waals surface area contributed by atoms with Crippen molar-refractivity contribution < 1.29 is 27.5 Å². The molecule has 144 valence electrons.